The molecule has 2 aromatic carbocycles. The van der Waals surface area contributed by atoms with E-state index in [4.69, 9.17) is 11.6 Å². The lowest BCUT2D eigenvalue weighted by Crippen LogP contribution is -2.50. The molecule has 1 atom stereocenters. The van der Waals surface area contributed by atoms with Crippen molar-refractivity contribution in [3.63, 3.8) is 0 Å². The molecule has 0 aliphatic carbocycles. The highest BCUT2D eigenvalue weighted by Gasteiger charge is 2.22. The molecular formula is C21H26ClN3O2. The average molecular weight is 388 g/mol. The SMILES string of the molecule is CN(C(=O)CN1CCN(CC(O)c2cccc(Cl)c2)CC1)c1ccccc1. The quantitative estimate of drug-likeness (QED) is 0.827. The van der Waals surface area contributed by atoms with Gasteiger partial charge in [0.1, 0.15) is 0 Å². The van der Waals surface area contributed by atoms with Crippen molar-refractivity contribution >= 4 is 23.2 Å². The molecule has 1 fully saturated rings. The summed E-state index contributed by atoms with van der Waals surface area (Å²) >= 11 is 6.00. The van der Waals surface area contributed by atoms with Gasteiger partial charge >= 0.3 is 0 Å². The van der Waals surface area contributed by atoms with Gasteiger partial charge in [0.25, 0.3) is 0 Å². The Kier molecular flexibility index (Phi) is 6.85. The molecule has 0 radical (unpaired) electrons. The number of aliphatic hydroxyl groups is 1. The molecule has 0 bridgehead atoms. The maximum atomic E-state index is 12.5. The van der Waals surface area contributed by atoms with Gasteiger partial charge in [-0.25, -0.2) is 0 Å². The Morgan fingerprint density at radius 2 is 1.74 bits per heavy atom. The van der Waals surface area contributed by atoms with Crippen molar-refractivity contribution in [1.29, 1.82) is 0 Å². The van der Waals surface area contributed by atoms with Crippen molar-refractivity contribution in [2.24, 2.45) is 0 Å². The Morgan fingerprint density at radius 3 is 2.41 bits per heavy atom. The van der Waals surface area contributed by atoms with Crippen LogP contribution >= 0.6 is 11.6 Å². The molecule has 1 amide bonds. The number of piperazine rings is 1. The van der Waals surface area contributed by atoms with Gasteiger partial charge in [0.2, 0.25) is 5.91 Å². The molecule has 1 aliphatic rings. The third-order valence-corrected chi connectivity index (χ3v) is 5.24. The molecule has 1 unspecified atom stereocenters. The maximum Gasteiger partial charge on any atom is 0.240 e. The summed E-state index contributed by atoms with van der Waals surface area (Å²) in [4.78, 5) is 18.6. The highest BCUT2D eigenvalue weighted by molar-refractivity contribution is 6.30. The summed E-state index contributed by atoms with van der Waals surface area (Å²) in [6, 6.07) is 17.0. The Hall–Kier alpha value is -1.92. The number of β-amino-alcohol motifs (C(OH)–C–C–N with tert-alkyl or cyclic N) is 1. The van der Waals surface area contributed by atoms with E-state index in [2.05, 4.69) is 9.80 Å². The van der Waals surface area contributed by atoms with Gasteiger partial charge in [0.05, 0.1) is 12.6 Å². The van der Waals surface area contributed by atoms with Gasteiger partial charge in [-0.05, 0) is 29.8 Å². The second-order valence-corrected chi connectivity index (χ2v) is 7.37. The third-order valence-electron chi connectivity index (χ3n) is 5.01. The standard InChI is InChI=1S/C21H26ClN3O2/c1-23(19-8-3-2-4-9-19)21(27)16-25-12-10-24(11-13-25)15-20(26)17-6-5-7-18(22)14-17/h2-9,14,20,26H,10-13,15-16H2,1H3. The highest BCUT2D eigenvalue weighted by atomic mass is 35.5. The number of halogens is 1. The fourth-order valence-electron chi connectivity index (χ4n) is 3.29. The van der Waals surface area contributed by atoms with Gasteiger partial charge < -0.3 is 10.0 Å². The molecule has 2 aromatic rings. The summed E-state index contributed by atoms with van der Waals surface area (Å²) < 4.78 is 0. The molecule has 0 aromatic heterocycles. The zero-order valence-electron chi connectivity index (χ0n) is 15.6. The Morgan fingerprint density at radius 1 is 1.07 bits per heavy atom. The van der Waals surface area contributed by atoms with Crippen molar-refractivity contribution in [2.45, 2.75) is 6.10 Å². The minimum Gasteiger partial charge on any atom is -0.387 e. The Labute approximate surface area is 165 Å². The van der Waals surface area contributed by atoms with Crippen molar-refractivity contribution in [1.82, 2.24) is 9.80 Å². The summed E-state index contributed by atoms with van der Waals surface area (Å²) in [5.41, 5.74) is 1.75. The van der Waals surface area contributed by atoms with E-state index in [-0.39, 0.29) is 5.91 Å². The van der Waals surface area contributed by atoms with E-state index >= 15 is 0 Å². The lowest BCUT2D eigenvalue weighted by molar-refractivity contribution is -0.119. The number of carbonyl (C=O) groups is 1. The molecule has 3 rings (SSSR count). The molecule has 0 spiro atoms. The summed E-state index contributed by atoms with van der Waals surface area (Å²) in [5.74, 6) is 0.0913. The number of benzene rings is 2. The van der Waals surface area contributed by atoms with Crippen LogP contribution in [0.25, 0.3) is 0 Å². The molecule has 27 heavy (non-hydrogen) atoms. The molecule has 1 saturated heterocycles. The van der Waals surface area contributed by atoms with Gasteiger partial charge in [-0.1, -0.05) is 41.9 Å². The fraction of sp³-hybridized carbons (Fsp3) is 0.381. The van der Waals surface area contributed by atoms with Gasteiger partial charge in [-0.3, -0.25) is 14.6 Å². The van der Waals surface area contributed by atoms with E-state index in [1.54, 1.807) is 17.0 Å². The molecule has 5 nitrogen and oxygen atoms in total. The van der Waals surface area contributed by atoms with E-state index in [0.29, 0.717) is 18.1 Å². The largest absolute Gasteiger partial charge is 0.387 e. The second kappa shape index (κ2) is 9.33. The van der Waals surface area contributed by atoms with Crippen LogP contribution in [0.3, 0.4) is 0 Å². The number of aliphatic hydroxyl groups excluding tert-OH is 1. The van der Waals surface area contributed by atoms with Gasteiger partial charge in [-0.2, -0.15) is 0 Å². The van der Waals surface area contributed by atoms with Crippen LogP contribution in [0.2, 0.25) is 5.02 Å². The summed E-state index contributed by atoms with van der Waals surface area (Å²) in [7, 11) is 1.81. The van der Waals surface area contributed by atoms with Gasteiger partial charge in [0, 0.05) is 50.5 Å². The lowest BCUT2D eigenvalue weighted by Gasteiger charge is -2.35. The number of rotatable bonds is 6. The third kappa shape index (κ3) is 5.53. The molecule has 1 N–H and O–H groups in total. The Balaban J connectivity index is 1.45. The minimum absolute atomic E-state index is 0.0913. The lowest BCUT2D eigenvalue weighted by atomic mass is 10.1. The Bertz CT molecular complexity index is 748. The van der Waals surface area contributed by atoms with Crippen LogP contribution in [0.5, 0.6) is 0 Å². The highest BCUT2D eigenvalue weighted by Crippen LogP contribution is 2.19. The number of hydrogen-bond donors (Lipinski definition) is 1. The normalized spacial score (nSPS) is 16.9. The predicted molar refractivity (Wildman–Crippen MR) is 109 cm³/mol. The molecule has 144 valence electrons. The number of para-hydroxylation sites is 1. The molecule has 1 aliphatic heterocycles. The van der Waals surface area contributed by atoms with Crippen LogP contribution in [0.4, 0.5) is 5.69 Å². The van der Waals surface area contributed by atoms with E-state index in [0.717, 1.165) is 37.4 Å². The number of likely N-dealkylation sites (N-methyl/N-ethyl adjacent to an activating group) is 1. The van der Waals surface area contributed by atoms with E-state index in [9.17, 15) is 9.90 Å². The van der Waals surface area contributed by atoms with Crippen LogP contribution in [0.15, 0.2) is 54.6 Å². The topological polar surface area (TPSA) is 47.0 Å². The van der Waals surface area contributed by atoms with Crippen molar-refractivity contribution in [3.05, 3.63) is 65.2 Å². The monoisotopic (exact) mass is 387 g/mol. The van der Waals surface area contributed by atoms with Crippen LogP contribution in [0.1, 0.15) is 11.7 Å². The number of amides is 1. The smallest absolute Gasteiger partial charge is 0.240 e. The first kappa shape index (κ1) is 19.8. The van der Waals surface area contributed by atoms with Crippen molar-refractivity contribution in [3.8, 4) is 0 Å². The summed E-state index contributed by atoms with van der Waals surface area (Å²) in [6.45, 7) is 4.29. The molecule has 1 heterocycles. The second-order valence-electron chi connectivity index (χ2n) is 6.94. The zero-order valence-corrected chi connectivity index (χ0v) is 16.3. The summed E-state index contributed by atoms with van der Waals surface area (Å²) in [5, 5.41) is 11.1. The molecule has 6 heteroatoms. The average Bonchev–Trinajstić information content (AvgIpc) is 2.69. The van der Waals surface area contributed by atoms with Crippen LogP contribution in [-0.2, 0) is 4.79 Å². The van der Waals surface area contributed by atoms with Crippen LogP contribution in [-0.4, -0.2) is 67.1 Å². The first-order valence-corrected chi connectivity index (χ1v) is 9.60. The van der Waals surface area contributed by atoms with Gasteiger partial charge in [-0.15, -0.1) is 0 Å². The molecule has 0 saturated carbocycles. The van der Waals surface area contributed by atoms with Crippen LogP contribution < -0.4 is 4.90 Å². The van der Waals surface area contributed by atoms with E-state index in [1.165, 1.54) is 0 Å². The fourth-order valence-corrected chi connectivity index (χ4v) is 3.49. The van der Waals surface area contributed by atoms with Crippen molar-refractivity contribution < 1.29 is 9.90 Å². The predicted octanol–water partition coefficient (Wildman–Crippen LogP) is 2.65. The number of nitrogens with zero attached hydrogens (tertiary/aromatic N) is 3. The molecular weight excluding hydrogens is 362 g/mol. The zero-order chi connectivity index (χ0) is 19.2. The van der Waals surface area contributed by atoms with Gasteiger partial charge in [0.15, 0.2) is 0 Å². The number of anilines is 1. The van der Waals surface area contributed by atoms with Crippen LogP contribution in [0, 0.1) is 0 Å². The van der Waals surface area contributed by atoms with E-state index in [1.807, 2.05) is 49.5 Å². The number of hydrogen-bond acceptors (Lipinski definition) is 4. The minimum atomic E-state index is -0.555. The van der Waals surface area contributed by atoms with Crippen molar-refractivity contribution in [2.75, 3.05) is 51.2 Å². The first-order valence-electron chi connectivity index (χ1n) is 9.23. The first-order chi connectivity index (χ1) is 13.0. The number of carbonyl (C=O) groups excluding carboxylic acids is 1. The maximum absolute atomic E-state index is 12.5. The van der Waals surface area contributed by atoms with E-state index < -0.39 is 6.10 Å². The summed E-state index contributed by atoms with van der Waals surface area (Å²) in [6.07, 6.45) is -0.555.